The summed E-state index contributed by atoms with van der Waals surface area (Å²) in [4.78, 5) is 25.0. The summed E-state index contributed by atoms with van der Waals surface area (Å²) in [7, 11) is 0. The predicted molar refractivity (Wildman–Crippen MR) is 113 cm³/mol. The van der Waals surface area contributed by atoms with Crippen LogP contribution in [0.15, 0.2) is 72.8 Å². The Balaban J connectivity index is 1.42. The molecule has 0 saturated heterocycles. The van der Waals surface area contributed by atoms with Crippen LogP contribution in [-0.2, 0) is 4.79 Å². The number of carbonyl (C=O) groups excluding carboxylic acids is 2. The molecule has 0 aliphatic carbocycles. The molecule has 0 fully saturated rings. The topological polar surface area (TPSA) is 76.7 Å². The van der Waals surface area contributed by atoms with Gasteiger partial charge in [-0.25, -0.2) is 0 Å². The zero-order valence-corrected chi connectivity index (χ0v) is 16.7. The van der Waals surface area contributed by atoms with Crippen molar-refractivity contribution >= 4 is 23.4 Å². The van der Waals surface area contributed by atoms with E-state index in [2.05, 4.69) is 10.6 Å². The van der Waals surface area contributed by atoms with Crippen LogP contribution in [0.1, 0.15) is 27.5 Å². The fourth-order valence-electron chi connectivity index (χ4n) is 3.17. The first-order valence-corrected chi connectivity index (χ1v) is 9.75. The minimum atomic E-state index is -0.369. The zero-order chi connectivity index (χ0) is 20.9. The van der Waals surface area contributed by atoms with Gasteiger partial charge in [0.25, 0.3) is 5.91 Å². The van der Waals surface area contributed by atoms with E-state index in [-0.39, 0.29) is 31.2 Å². The first kappa shape index (κ1) is 19.8. The molecule has 0 spiro atoms. The molecule has 3 aromatic carbocycles. The van der Waals surface area contributed by atoms with Crippen molar-refractivity contribution < 1.29 is 19.1 Å². The van der Waals surface area contributed by atoms with Crippen molar-refractivity contribution in [3.05, 3.63) is 94.5 Å². The third kappa shape index (κ3) is 4.55. The van der Waals surface area contributed by atoms with Crippen molar-refractivity contribution in [3.8, 4) is 11.5 Å². The van der Waals surface area contributed by atoms with E-state index < -0.39 is 0 Å². The normalized spacial score (nSPS) is 12.8. The van der Waals surface area contributed by atoms with Crippen molar-refractivity contribution in [3.63, 3.8) is 0 Å². The number of benzene rings is 3. The van der Waals surface area contributed by atoms with Crippen molar-refractivity contribution in [2.45, 2.75) is 6.04 Å². The summed E-state index contributed by atoms with van der Waals surface area (Å²) < 4.78 is 10.5. The van der Waals surface area contributed by atoms with E-state index in [0.717, 1.165) is 11.1 Å². The summed E-state index contributed by atoms with van der Waals surface area (Å²) in [6, 6.07) is 21.4. The molecule has 3 aromatic rings. The van der Waals surface area contributed by atoms with Gasteiger partial charge in [0.1, 0.15) is 0 Å². The summed E-state index contributed by atoms with van der Waals surface area (Å²) >= 11 is 5.99. The van der Waals surface area contributed by atoms with Crippen LogP contribution in [0.5, 0.6) is 11.5 Å². The summed E-state index contributed by atoms with van der Waals surface area (Å²) in [6.45, 7) is -0.0292. The van der Waals surface area contributed by atoms with Crippen LogP contribution in [0, 0.1) is 0 Å². The van der Waals surface area contributed by atoms with E-state index in [1.54, 1.807) is 30.3 Å². The summed E-state index contributed by atoms with van der Waals surface area (Å²) in [6.07, 6.45) is 0. The fraction of sp³-hybridized carbons (Fsp3) is 0.130. The van der Waals surface area contributed by atoms with Gasteiger partial charge in [0.15, 0.2) is 11.5 Å². The van der Waals surface area contributed by atoms with Gasteiger partial charge in [-0.05, 0) is 41.5 Å². The maximum atomic E-state index is 12.6. The maximum Gasteiger partial charge on any atom is 0.251 e. The second-order valence-corrected chi connectivity index (χ2v) is 7.15. The zero-order valence-electron chi connectivity index (χ0n) is 15.9. The molecule has 7 heteroatoms. The quantitative estimate of drug-likeness (QED) is 0.635. The number of ether oxygens (including phenoxy) is 2. The molecule has 4 rings (SSSR count). The van der Waals surface area contributed by atoms with E-state index in [9.17, 15) is 9.59 Å². The average molecular weight is 423 g/mol. The third-order valence-corrected chi connectivity index (χ3v) is 4.94. The monoisotopic (exact) mass is 422 g/mol. The van der Waals surface area contributed by atoms with Crippen LogP contribution in [0.2, 0.25) is 5.02 Å². The predicted octanol–water partition coefficient (Wildman–Crippen LogP) is 3.70. The van der Waals surface area contributed by atoms with Crippen molar-refractivity contribution in [2.24, 2.45) is 0 Å². The van der Waals surface area contributed by atoms with Crippen LogP contribution in [0.4, 0.5) is 0 Å². The molecule has 0 unspecified atom stereocenters. The molecule has 152 valence electrons. The second kappa shape index (κ2) is 8.88. The molecule has 1 aliphatic rings. The van der Waals surface area contributed by atoms with Gasteiger partial charge >= 0.3 is 0 Å². The fourth-order valence-corrected chi connectivity index (χ4v) is 3.30. The molecular formula is C23H19ClN2O4. The highest BCUT2D eigenvalue weighted by molar-refractivity contribution is 6.30. The maximum absolute atomic E-state index is 12.6. The lowest BCUT2D eigenvalue weighted by molar-refractivity contribution is -0.120. The van der Waals surface area contributed by atoms with E-state index in [0.29, 0.717) is 22.1 Å². The van der Waals surface area contributed by atoms with Crippen molar-refractivity contribution in [1.82, 2.24) is 10.6 Å². The number of hydrogen-bond acceptors (Lipinski definition) is 4. The average Bonchev–Trinajstić information content (AvgIpc) is 3.25. The van der Waals surface area contributed by atoms with Gasteiger partial charge in [-0.3, -0.25) is 9.59 Å². The first-order chi connectivity index (χ1) is 14.6. The second-order valence-electron chi connectivity index (χ2n) is 6.71. The largest absolute Gasteiger partial charge is 0.454 e. The van der Waals surface area contributed by atoms with Crippen LogP contribution in [0.3, 0.4) is 0 Å². The molecule has 6 nitrogen and oxygen atoms in total. The van der Waals surface area contributed by atoms with Gasteiger partial charge < -0.3 is 20.1 Å². The van der Waals surface area contributed by atoms with Gasteiger partial charge in [-0.1, -0.05) is 54.1 Å². The van der Waals surface area contributed by atoms with Crippen molar-refractivity contribution in [2.75, 3.05) is 13.3 Å². The number of rotatable bonds is 6. The Morgan fingerprint density at radius 1 is 0.900 bits per heavy atom. The molecule has 0 aromatic heterocycles. The smallest absolute Gasteiger partial charge is 0.251 e. The van der Waals surface area contributed by atoms with Crippen molar-refractivity contribution in [1.29, 1.82) is 0 Å². The van der Waals surface area contributed by atoms with E-state index in [1.807, 2.05) is 42.5 Å². The lowest BCUT2D eigenvalue weighted by Gasteiger charge is -2.20. The van der Waals surface area contributed by atoms with E-state index in [1.165, 1.54) is 0 Å². The van der Waals surface area contributed by atoms with Gasteiger partial charge in [0.2, 0.25) is 12.7 Å². The van der Waals surface area contributed by atoms with E-state index in [4.69, 9.17) is 21.1 Å². The molecule has 0 saturated carbocycles. The Bertz CT molecular complexity index is 1050. The molecule has 1 atom stereocenters. The summed E-state index contributed by atoms with van der Waals surface area (Å²) in [5.41, 5.74) is 2.21. The SMILES string of the molecule is O=C(CNC(=O)c1ccc2c(c1)OCO2)N[C@@H](c1ccccc1)c1ccc(Cl)cc1. The molecule has 1 aliphatic heterocycles. The molecule has 30 heavy (non-hydrogen) atoms. The van der Waals surface area contributed by atoms with E-state index >= 15 is 0 Å². The molecule has 2 amide bonds. The number of carbonyl (C=O) groups is 2. The molecular weight excluding hydrogens is 404 g/mol. The van der Waals surface area contributed by atoms with Gasteiger partial charge in [-0.2, -0.15) is 0 Å². The van der Waals surface area contributed by atoms with Crippen LogP contribution in [-0.4, -0.2) is 25.2 Å². The summed E-state index contributed by atoms with van der Waals surface area (Å²) in [5.74, 6) is 0.427. The van der Waals surface area contributed by atoms with Crippen LogP contribution >= 0.6 is 11.6 Å². The number of amides is 2. The number of fused-ring (bicyclic) bond motifs is 1. The van der Waals surface area contributed by atoms with Gasteiger partial charge in [-0.15, -0.1) is 0 Å². The van der Waals surface area contributed by atoms with Gasteiger partial charge in [0.05, 0.1) is 12.6 Å². The van der Waals surface area contributed by atoms with Crippen LogP contribution < -0.4 is 20.1 Å². The minimum absolute atomic E-state index is 0.133. The Kier molecular flexibility index (Phi) is 5.86. The Hall–Kier alpha value is -3.51. The summed E-state index contributed by atoms with van der Waals surface area (Å²) in [5, 5.41) is 6.23. The number of halogens is 1. The molecule has 2 N–H and O–H groups in total. The number of hydrogen-bond donors (Lipinski definition) is 2. The lowest BCUT2D eigenvalue weighted by atomic mass is 9.98. The molecule has 1 heterocycles. The number of nitrogens with one attached hydrogen (secondary N) is 2. The van der Waals surface area contributed by atoms with Crippen LogP contribution in [0.25, 0.3) is 0 Å². The highest BCUT2D eigenvalue weighted by atomic mass is 35.5. The minimum Gasteiger partial charge on any atom is -0.454 e. The Labute approximate surface area is 178 Å². The third-order valence-electron chi connectivity index (χ3n) is 4.69. The lowest BCUT2D eigenvalue weighted by Crippen LogP contribution is -2.39. The highest BCUT2D eigenvalue weighted by Crippen LogP contribution is 2.32. The Morgan fingerprint density at radius 3 is 2.37 bits per heavy atom. The molecule has 0 bridgehead atoms. The Morgan fingerprint density at radius 2 is 1.60 bits per heavy atom. The highest BCUT2D eigenvalue weighted by Gasteiger charge is 2.19. The molecule has 0 radical (unpaired) electrons. The van der Waals surface area contributed by atoms with Gasteiger partial charge in [0, 0.05) is 10.6 Å². The first-order valence-electron chi connectivity index (χ1n) is 9.38. The standard InChI is InChI=1S/C23H19ClN2O4/c24-18-9-6-16(7-10-18)22(15-4-2-1-3-5-15)26-21(27)13-25-23(28)17-8-11-19-20(12-17)30-14-29-19/h1-12,22H,13-14H2,(H,25,28)(H,26,27)/t22-/m0/s1.